The number of fused-ring (bicyclic) bond motifs is 3. The monoisotopic (exact) mass is 482 g/mol. The summed E-state index contributed by atoms with van der Waals surface area (Å²) >= 11 is 0. The average molecular weight is 483 g/mol. The van der Waals surface area contributed by atoms with Gasteiger partial charge in [0, 0.05) is 5.54 Å². The second-order valence-corrected chi connectivity index (χ2v) is 14.3. The first-order valence-electron chi connectivity index (χ1n) is 11.2. The topological polar surface area (TPSA) is 0 Å². The molecule has 1 unspecified atom stereocenters. The molecule has 0 aromatic heterocycles. The quantitative estimate of drug-likeness (QED) is 0.152. The van der Waals surface area contributed by atoms with Crippen LogP contribution in [0.25, 0.3) is 16.7 Å². The summed E-state index contributed by atoms with van der Waals surface area (Å²) in [5.74, 6) is -9.70. The van der Waals surface area contributed by atoms with Crippen molar-refractivity contribution in [2.24, 2.45) is 5.92 Å². The number of hydrogen-bond acceptors (Lipinski definition) is 0. The van der Waals surface area contributed by atoms with Gasteiger partial charge in [-0.05, 0) is 40.7 Å². The summed E-state index contributed by atoms with van der Waals surface area (Å²) in [6, 6.07) is 16.2. The van der Waals surface area contributed by atoms with Gasteiger partial charge in [0.2, 0.25) is 5.82 Å². The van der Waals surface area contributed by atoms with Crippen LogP contribution >= 0.6 is 0 Å². The minimum absolute atomic E-state index is 0.0204. The summed E-state index contributed by atoms with van der Waals surface area (Å²) in [7, 11) is -2.63. The SMILES string of the molecule is CC1=CC(c2c(F)c(F)c(F)c(F)c2F)=C([Si](C)(C)C2c3ccccc3-c3ccccc32)C1C. The van der Waals surface area contributed by atoms with Gasteiger partial charge in [-0.15, -0.1) is 0 Å². The normalized spacial score (nSPS) is 17.8. The van der Waals surface area contributed by atoms with Crippen LogP contribution in [0.2, 0.25) is 13.1 Å². The van der Waals surface area contributed by atoms with Crippen molar-refractivity contribution in [1.82, 2.24) is 0 Å². The van der Waals surface area contributed by atoms with Gasteiger partial charge in [0.25, 0.3) is 0 Å². The van der Waals surface area contributed by atoms with Gasteiger partial charge in [-0.3, -0.25) is 0 Å². The summed E-state index contributed by atoms with van der Waals surface area (Å²) in [6.07, 6.45) is 1.60. The maximum atomic E-state index is 15.0. The molecule has 2 aliphatic carbocycles. The van der Waals surface area contributed by atoms with Gasteiger partial charge in [0.1, 0.15) is 0 Å². The van der Waals surface area contributed by atoms with Crippen LogP contribution in [0.3, 0.4) is 0 Å². The lowest BCUT2D eigenvalue weighted by Crippen LogP contribution is -2.40. The number of allylic oxidation sites excluding steroid dienone is 4. The van der Waals surface area contributed by atoms with Crippen LogP contribution in [0.1, 0.15) is 36.1 Å². The molecule has 0 aliphatic heterocycles. The summed E-state index contributed by atoms with van der Waals surface area (Å²) in [4.78, 5) is 0. The first-order chi connectivity index (χ1) is 16.1. The van der Waals surface area contributed by atoms with E-state index in [1.54, 1.807) is 6.08 Å². The Morgan fingerprint density at radius 1 is 0.676 bits per heavy atom. The van der Waals surface area contributed by atoms with Crippen molar-refractivity contribution in [3.8, 4) is 11.1 Å². The molecule has 6 heteroatoms. The largest absolute Gasteiger partial charge is 0.203 e. The van der Waals surface area contributed by atoms with E-state index < -0.39 is 42.7 Å². The van der Waals surface area contributed by atoms with E-state index in [9.17, 15) is 22.0 Å². The van der Waals surface area contributed by atoms with Crippen LogP contribution in [0.5, 0.6) is 0 Å². The van der Waals surface area contributed by atoms with Crippen molar-refractivity contribution in [1.29, 1.82) is 0 Å². The predicted octanol–water partition coefficient (Wildman–Crippen LogP) is 8.33. The molecule has 0 saturated carbocycles. The molecular weight excluding hydrogens is 459 g/mol. The van der Waals surface area contributed by atoms with Gasteiger partial charge in [-0.25, -0.2) is 22.0 Å². The van der Waals surface area contributed by atoms with E-state index in [1.807, 2.05) is 38.1 Å². The van der Waals surface area contributed by atoms with Crippen molar-refractivity contribution in [3.05, 3.63) is 111 Å². The molecule has 0 saturated heterocycles. The molecule has 0 spiro atoms. The van der Waals surface area contributed by atoms with E-state index in [2.05, 4.69) is 37.4 Å². The number of halogens is 5. The van der Waals surface area contributed by atoms with Crippen LogP contribution in [-0.2, 0) is 0 Å². The molecule has 0 amide bonds. The van der Waals surface area contributed by atoms with Gasteiger partial charge >= 0.3 is 0 Å². The lowest BCUT2D eigenvalue weighted by molar-refractivity contribution is 0.376. The van der Waals surface area contributed by atoms with Crippen LogP contribution in [0.15, 0.2) is 65.4 Å². The highest BCUT2D eigenvalue weighted by Crippen LogP contribution is 2.54. The summed E-state index contributed by atoms with van der Waals surface area (Å²) in [5.41, 5.74) is 4.66. The van der Waals surface area contributed by atoms with E-state index in [0.29, 0.717) is 0 Å². The fourth-order valence-electron chi connectivity index (χ4n) is 5.93. The molecular formula is C28H23F5Si. The Morgan fingerprint density at radius 2 is 1.12 bits per heavy atom. The molecule has 0 radical (unpaired) electrons. The third-order valence-electron chi connectivity index (χ3n) is 7.51. The maximum absolute atomic E-state index is 15.0. The van der Waals surface area contributed by atoms with E-state index in [-0.39, 0.29) is 17.0 Å². The zero-order valence-electron chi connectivity index (χ0n) is 19.2. The molecule has 3 aromatic carbocycles. The van der Waals surface area contributed by atoms with E-state index in [4.69, 9.17) is 0 Å². The molecule has 0 nitrogen and oxygen atoms in total. The lowest BCUT2D eigenvalue weighted by atomic mass is 10.0. The van der Waals surface area contributed by atoms with Crippen molar-refractivity contribution in [2.45, 2.75) is 32.5 Å². The highest BCUT2D eigenvalue weighted by molar-refractivity contribution is 6.87. The van der Waals surface area contributed by atoms with Gasteiger partial charge in [0.05, 0.1) is 13.6 Å². The third kappa shape index (κ3) is 3.01. The van der Waals surface area contributed by atoms with E-state index in [1.165, 1.54) is 0 Å². The highest BCUT2D eigenvalue weighted by atomic mass is 28.3. The van der Waals surface area contributed by atoms with Crippen molar-refractivity contribution < 1.29 is 22.0 Å². The van der Waals surface area contributed by atoms with Gasteiger partial charge in [0.15, 0.2) is 23.3 Å². The molecule has 0 fully saturated rings. The maximum Gasteiger partial charge on any atom is 0.200 e. The zero-order valence-corrected chi connectivity index (χ0v) is 20.2. The Hall–Kier alpha value is -2.99. The Labute approximate surface area is 196 Å². The second-order valence-electron chi connectivity index (χ2n) is 9.71. The van der Waals surface area contributed by atoms with E-state index in [0.717, 1.165) is 33.0 Å². The molecule has 1 atom stereocenters. The zero-order chi connectivity index (χ0) is 24.5. The molecule has 2 aliphatic rings. The molecule has 174 valence electrons. The molecule has 3 aromatic rings. The van der Waals surface area contributed by atoms with Crippen LogP contribution in [0.4, 0.5) is 22.0 Å². The van der Waals surface area contributed by atoms with Crippen LogP contribution in [0, 0.1) is 35.0 Å². The highest BCUT2D eigenvalue weighted by Gasteiger charge is 2.47. The molecule has 5 rings (SSSR count). The molecule has 0 bridgehead atoms. The fourth-order valence-corrected chi connectivity index (χ4v) is 10.5. The Bertz CT molecular complexity index is 1340. The van der Waals surface area contributed by atoms with Gasteiger partial charge < -0.3 is 0 Å². The Balaban J connectivity index is 1.80. The molecule has 0 N–H and O–H groups in total. The number of rotatable bonds is 3. The fraction of sp³-hybridized carbons (Fsp3) is 0.214. The van der Waals surface area contributed by atoms with Crippen molar-refractivity contribution in [3.63, 3.8) is 0 Å². The minimum atomic E-state index is -2.63. The summed E-state index contributed by atoms with van der Waals surface area (Å²) in [5, 5.41) is 0.796. The van der Waals surface area contributed by atoms with E-state index >= 15 is 0 Å². The predicted molar refractivity (Wildman–Crippen MR) is 127 cm³/mol. The van der Waals surface area contributed by atoms with Crippen LogP contribution < -0.4 is 0 Å². The number of benzene rings is 3. The standard InChI is InChI=1S/C28H23F5Si/c1-14-13-20(21-22(29)24(31)26(33)25(32)23(21)30)27(15(14)2)34(3,4)28-18-11-7-5-9-16(18)17-10-6-8-12-19(17)28/h5-13,15,28H,1-4H3. The summed E-state index contributed by atoms with van der Waals surface area (Å²) < 4.78 is 72.1. The third-order valence-corrected chi connectivity index (χ3v) is 11.7. The summed E-state index contributed by atoms with van der Waals surface area (Å²) in [6.45, 7) is 8.04. The second kappa shape index (κ2) is 7.77. The average Bonchev–Trinajstić information content (AvgIpc) is 3.31. The first kappa shape index (κ1) is 22.8. The molecule has 34 heavy (non-hydrogen) atoms. The van der Waals surface area contributed by atoms with Gasteiger partial charge in [-0.2, -0.15) is 0 Å². The first-order valence-corrected chi connectivity index (χ1v) is 14.3. The number of hydrogen-bond donors (Lipinski definition) is 0. The molecule has 0 heterocycles. The Kier molecular flexibility index (Phi) is 5.21. The van der Waals surface area contributed by atoms with Crippen molar-refractivity contribution in [2.75, 3.05) is 0 Å². The Morgan fingerprint density at radius 3 is 1.62 bits per heavy atom. The minimum Gasteiger partial charge on any atom is -0.203 e. The van der Waals surface area contributed by atoms with Crippen LogP contribution in [-0.4, -0.2) is 8.07 Å². The van der Waals surface area contributed by atoms with Gasteiger partial charge in [-0.1, -0.05) is 85.4 Å². The smallest absolute Gasteiger partial charge is 0.200 e. The lowest BCUT2D eigenvalue weighted by Gasteiger charge is -2.37. The van der Waals surface area contributed by atoms with Crippen molar-refractivity contribution >= 4 is 13.6 Å².